The van der Waals surface area contributed by atoms with Crippen LogP contribution >= 0.6 is 11.8 Å². The molecule has 0 saturated carbocycles. The lowest BCUT2D eigenvalue weighted by Crippen LogP contribution is -2.30. The van der Waals surface area contributed by atoms with Gasteiger partial charge in [-0.2, -0.15) is 0 Å². The zero-order valence-electron chi connectivity index (χ0n) is 24.4. The molecule has 220 valence electrons. The summed E-state index contributed by atoms with van der Waals surface area (Å²) in [4.78, 5) is 41.8. The molecule has 0 fully saturated rings. The Morgan fingerprint density at radius 1 is 0.791 bits per heavy atom. The number of benzene rings is 4. The predicted octanol–water partition coefficient (Wildman–Crippen LogP) is 6.15. The van der Waals surface area contributed by atoms with Crippen molar-refractivity contribution in [2.45, 2.75) is 4.90 Å². The molecule has 2 N–H and O–H groups in total. The summed E-state index contributed by atoms with van der Waals surface area (Å²) in [5.41, 5.74) is 3.39. The summed E-state index contributed by atoms with van der Waals surface area (Å²) in [7, 11) is 6.97. The Labute approximate surface area is 255 Å². The van der Waals surface area contributed by atoms with Crippen molar-refractivity contribution in [3.05, 3.63) is 119 Å². The molecule has 0 aliphatic carbocycles. The molecule has 0 spiro atoms. The van der Waals surface area contributed by atoms with Crippen LogP contribution in [0.2, 0.25) is 0 Å². The van der Waals surface area contributed by atoms with E-state index in [9.17, 15) is 14.4 Å². The molecule has 0 aliphatic rings. The first-order chi connectivity index (χ1) is 20.8. The smallest absolute Gasteiger partial charge is 0.272 e. The molecule has 2 amide bonds. The zero-order chi connectivity index (χ0) is 30.8. The van der Waals surface area contributed by atoms with E-state index in [0.29, 0.717) is 28.3 Å². The monoisotopic (exact) mass is 595 g/mol. The van der Waals surface area contributed by atoms with Gasteiger partial charge in [0.2, 0.25) is 0 Å². The topological polar surface area (TPSA) is 97.0 Å². The third-order valence-corrected chi connectivity index (χ3v) is 7.45. The number of carbonyl (C=O) groups excluding carboxylic acids is 3. The Morgan fingerprint density at radius 3 is 2.09 bits per heavy atom. The second kappa shape index (κ2) is 14.7. The van der Waals surface area contributed by atoms with E-state index in [0.717, 1.165) is 16.1 Å². The minimum absolute atomic E-state index is 0.0501. The third kappa shape index (κ3) is 8.50. The SMILES string of the molecule is COc1ccc(C(=O)CSc2ccc(NC(=O)/C(=C/c3ccc(N(C)C)cc3)NC(=O)c3ccccc3)cc2)cc1OC. The lowest BCUT2D eigenvalue weighted by Gasteiger charge is -2.13. The molecule has 0 unspecified atom stereocenters. The average molecular weight is 596 g/mol. The second-order valence-electron chi connectivity index (χ2n) is 9.62. The number of anilines is 2. The number of amides is 2. The number of hydrogen-bond acceptors (Lipinski definition) is 7. The summed E-state index contributed by atoms with van der Waals surface area (Å²) < 4.78 is 10.5. The standard InChI is InChI=1S/C34H33N3O5S/c1-37(2)27-15-10-23(11-16-27)20-29(36-33(39)24-8-6-5-7-9-24)34(40)35-26-13-17-28(18-14-26)43-22-30(38)25-12-19-31(41-3)32(21-25)42-4/h5-21H,22H2,1-4H3,(H,35,40)(H,36,39)/b29-20-. The Hall–Kier alpha value is -5.02. The van der Waals surface area contributed by atoms with Gasteiger partial charge in [0.05, 0.1) is 20.0 Å². The van der Waals surface area contributed by atoms with Crippen LogP contribution in [0.25, 0.3) is 6.08 Å². The highest BCUT2D eigenvalue weighted by atomic mass is 32.2. The summed E-state index contributed by atoms with van der Waals surface area (Å²) in [5, 5.41) is 5.61. The van der Waals surface area contributed by atoms with E-state index in [4.69, 9.17) is 9.47 Å². The molecule has 4 aromatic carbocycles. The molecule has 0 heterocycles. The van der Waals surface area contributed by atoms with Crippen LogP contribution in [0.4, 0.5) is 11.4 Å². The van der Waals surface area contributed by atoms with Gasteiger partial charge in [0.1, 0.15) is 5.70 Å². The van der Waals surface area contributed by atoms with E-state index >= 15 is 0 Å². The maximum absolute atomic E-state index is 13.3. The fourth-order valence-corrected chi connectivity index (χ4v) is 4.85. The number of ketones is 1. The van der Waals surface area contributed by atoms with Gasteiger partial charge in [-0.1, -0.05) is 30.3 Å². The van der Waals surface area contributed by atoms with Crippen LogP contribution in [0.3, 0.4) is 0 Å². The molecule has 9 heteroatoms. The van der Waals surface area contributed by atoms with Crippen molar-refractivity contribution >= 4 is 46.8 Å². The highest BCUT2D eigenvalue weighted by molar-refractivity contribution is 8.00. The third-order valence-electron chi connectivity index (χ3n) is 6.44. The molecule has 43 heavy (non-hydrogen) atoms. The summed E-state index contributed by atoms with van der Waals surface area (Å²) >= 11 is 1.39. The van der Waals surface area contributed by atoms with Gasteiger partial charge < -0.3 is 25.0 Å². The van der Waals surface area contributed by atoms with Gasteiger partial charge in [0.15, 0.2) is 17.3 Å². The maximum atomic E-state index is 13.3. The molecule has 0 radical (unpaired) electrons. The van der Waals surface area contributed by atoms with Crippen molar-refractivity contribution in [2.24, 2.45) is 0 Å². The van der Waals surface area contributed by atoms with Crippen LogP contribution in [0.5, 0.6) is 11.5 Å². The van der Waals surface area contributed by atoms with E-state index in [1.165, 1.54) is 18.9 Å². The molecule has 0 bridgehead atoms. The number of nitrogens with zero attached hydrogens (tertiary/aromatic N) is 1. The highest BCUT2D eigenvalue weighted by Crippen LogP contribution is 2.29. The van der Waals surface area contributed by atoms with Crippen LogP contribution in [0, 0.1) is 0 Å². The summed E-state index contributed by atoms with van der Waals surface area (Å²) in [6.07, 6.45) is 1.64. The molecule has 0 saturated heterocycles. The number of thioether (sulfide) groups is 1. The largest absolute Gasteiger partial charge is 0.493 e. The Kier molecular flexibility index (Phi) is 10.6. The van der Waals surface area contributed by atoms with Crippen LogP contribution in [0.15, 0.2) is 108 Å². The van der Waals surface area contributed by atoms with Gasteiger partial charge in [-0.3, -0.25) is 14.4 Å². The van der Waals surface area contributed by atoms with E-state index in [1.807, 2.05) is 61.5 Å². The van der Waals surface area contributed by atoms with E-state index < -0.39 is 11.8 Å². The number of Topliss-reactive ketones (excluding diaryl/α,β-unsaturated/α-hetero) is 1. The van der Waals surface area contributed by atoms with Gasteiger partial charge in [0, 0.05) is 41.5 Å². The lowest BCUT2D eigenvalue weighted by atomic mass is 10.1. The molecule has 0 atom stereocenters. The van der Waals surface area contributed by atoms with Crippen LogP contribution in [0.1, 0.15) is 26.3 Å². The Morgan fingerprint density at radius 2 is 1.47 bits per heavy atom. The maximum Gasteiger partial charge on any atom is 0.272 e. The van der Waals surface area contributed by atoms with E-state index in [2.05, 4.69) is 10.6 Å². The van der Waals surface area contributed by atoms with Crippen molar-refractivity contribution in [1.29, 1.82) is 0 Å². The van der Waals surface area contributed by atoms with Crippen LogP contribution in [-0.2, 0) is 4.79 Å². The number of methoxy groups -OCH3 is 2. The van der Waals surface area contributed by atoms with Gasteiger partial charge in [-0.15, -0.1) is 11.8 Å². The summed E-state index contributed by atoms with van der Waals surface area (Å²) in [6, 6.07) is 28.6. The minimum atomic E-state index is -0.468. The Bertz CT molecular complexity index is 1600. The van der Waals surface area contributed by atoms with Gasteiger partial charge in [-0.05, 0) is 78.4 Å². The summed E-state index contributed by atoms with van der Waals surface area (Å²) in [5.74, 6) is 0.377. The number of carbonyl (C=O) groups is 3. The molecule has 0 aromatic heterocycles. The van der Waals surface area contributed by atoms with Crippen molar-refractivity contribution in [1.82, 2.24) is 5.32 Å². The van der Waals surface area contributed by atoms with Crippen molar-refractivity contribution < 1.29 is 23.9 Å². The molecule has 4 rings (SSSR count). The van der Waals surface area contributed by atoms with Crippen molar-refractivity contribution in [3.8, 4) is 11.5 Å². The fraction of sp³-hybridized carbons (Fsp3) is 0.147. The first-order valence-electron chi connectivity index (χ1n) is 13.4. The quantitative estimate of drug-likeness (QED) is 0.115. The molecule has 8 nitrogen and oxygen atoms in total. The predicted molar refractivity (Wildman–Crippen MR) is 172 cm³/mol. The van der Waals surface area contributed by atoms with Gasteiger partial charge in [-0.25, -0.2) is 0 Å². The molecule has 0 aliphatic heterocycles. The number of ether oxygens (including phenoxy) is 2. The van der Waals surface area contributed by atoms with Crippen molar-refractivity contribution in [2.75, 3.05) is 44.3 Å². The average Bonchev–Trinajstić information content (AvgIpc) is 3.04. The molecular formula is C34H33N3O5S. The highest BCUT2D eigenvalue weighted by Gasteiger charge is 2.16. The Balaban J connectivity index is 1.44. The van der Waals surface area contributed by atoms with Crippen LogP contribution < -0.4 is 25.0 Å². The number of rotatable bonds is 12. The summed E-state index contributed by atoms with van der Waals surface area (Å²) in [6.45, 7) is 0. The van der Waals surface area contributed by atoms with E-state index in [-0.39, 0.29) is 17.2 Å². The zero-order valence-corrected chi connectivity index (χ0v) is 25.2. The van der Waals surface area contributed by atoms with E-state index in [1.54, 1.807) is 67.8 Å². The van der Waals surface area contributed by atoms with Crippen LogP contribution in [-0.4, -0.2) is 51.7 Å². The first-order valence-corrected chi connectivity index (χ1v) is 14.4. The minimum Gasteiger partial charge on any atom is -0.493 e. The van der Waals surface area contributed by atoms with Gasteiger partial charge >= 0.3 is 0 Å². The second-order valence-corrected chi connectivity index (χ2v) is 10.7. The van der Waals surface area contributed by atoms with Gasteiger partial charge in [0.25, 0.3) is 11.8 Å². The number of nitrogens with one attached hydrogen (secondary N) is 2. The lowest BCUT2D eigenvalue weighted by molar-refractivity contribution is -0.113. The first kappa shape index (κ1) is 30.9. The molecule has 4 aromatic rings. The molecular weight excluding hydrogens is 562 g/mol. The van der Waals surface area contributed by atoms with Crippen molar-refractivity contribution in [3.63, 3.8) is 0 Å². The number of hydrogen-bond donors (Lipinski definition) is 2. The normalized spacial score (nSPS) is 10.9. The fourth-order valence-electron chi connectivity index (χ4n) is 4.05.